The minimum absolute atomic E-state index is 0.0895. The van der Waals surface area contributed by atoms with E-state index in [9.17, 15) is 14.0 Å². The third kappa shape index (κ3) is 4.16. The fraction of sp³-hybridized carbons (Fsp3) is 0.385. The summed E-state index contributed by atoms with van der Waals surface area (Å²) < 4.78 is 18.4. The molecule has 98 valence electrons. The van der Waals surface area contributed by atoms with Crippen molar-refractivity contribution in [2.75, 3.05) is 13.2 Å². The zero-order chi connectivity index (χ0) is 13.5. The average Bonchev–Trinajstić information content (AvgIpc) is 2.34. The number of para-hydroxylation sites is 1. The number of benzene rings is 1. The van der Waals surface area contributed by atoms with E-state index in [4.69, 9.17) is 4.74 Å². The average molecular weight is 253 g/mol. The highest BCUT2D eigenvalue weighted by Crippen LogP contribution is 2.20. The molecule has 0 fully saturated rings. The van der Waals surface area contributed by atoms with E-state index in [0.717, 1.165) is 0 Å². The monoisotopic (exact) mass is 253 g/mol. The van der Waals surface area contributed by atoms with Crippen molar-refractivity contribution in [2.45, 2.75) is 13.8 Å². The molecule has 1 rings (SSSR count). The molecule has 0 radical (unpaired) electrons. The normalized spacial score (nSPS) is 10.2. The predicted octanol–water partition coefficient (Wildman–Crippen LogP) is 1.79. The van der Waals surface area contributed by atoms with Crippen LogP contribution in [-0.4, -0.2) is 25.3 Å². The van der Waals surface area contributed by atoms with E-state index in [1.807, 2.05) is 13.8 Å². The van der Waals surface area contributed by atoms with Crippen LogP contribution in [0.3, 0.4) is 0 Å². The van der Waals surface area contributed by atoms with Gasteiger partial charge < -0.3 is 10.1 Å². The van der Waals surface area contributed by atoms with Crippen molar-refractivity contribution in [3.63, 3.8) is 0 Å². The summed E-state index contributed by atoms with van der Waals surface area (Å²) in [5, 5.41) is 2.63. The predicted molar refractivity (Wildman–Crippen MR) is 65.1 cm³/mol. The van der Waals surface area contributed by atoms with Crippen molar-refractivity contribution < 1.29 is 18.7 Å². The molecule has 0 aliphatic heterocycles. The quantitative estimate of drug-likeness (QED) is 0.786. The summed E-state index contributed by atoms with van der Waals surface area (Å²) >= 11 is 0. The van der Waals surface area contributed by atoms with Gasteiger partial charge in [-0.05, 0) is 18.1 Å². The maximum Gasteiger partial charge on any atom is 0.257 e. The first-order chi connectivity index (χ1) is 8.54. The van der Waals surface area contributed by atoms with Gasteiger partial charge in [0, 0.05) is 6.54 Å². The Morgan fingerprint density at radius 1 is 1.50 bits per heavy atom. The van der Waals surface area contributed by atoms with Crippen LogP contribution in [0.1, 0.15) is 24.2 Å². The highest BCUT2D eigenvalue weighted by molar-refractivity contribution is 5.80. The number of ether oxygens (including phenoxy) is 1. The second-order valence-electron chi connectivity index (χ2n) is 4.26. The van der Waals surface area contributed by atoms with Crippen LogP contribution in [-0.2, 0) is 4.79 Å². The van der Waals surface area contributed by atoms with Gasteiger partial charge in [0.1, 0.15) is 0 Å². The van der Waals surface area contributed by atoms with Gasteiger partial charge in [0.2, 0.25) is 0 Å². The summed E-state index contributed by atoms with van der Waals surface area (Å²) in [5.41, 5.74) is 0.0895. The van der Waals surface area contributed by atoms with Crippen LogP contribution in [0.5, 0.6) is 5.75 Å². The van der Waals surface area contributed by atoms with Gasteiger partial charge in [0.15, 0.2) is 24.5 Å². The van der Waals surface area contributed by atoms with E-state index in [1.165, 1.54) is 18.2 Å². The lowest BCUT2D eigenvalue weighted by atomic mass is 10.2. The molecule has 4 nitrogen and oxygen atoms in total. The number of carbonyl (C=O) groups is 2. The van der Waals surface area contributed by atoms with Crippen LogP contribution in [0.25, 0.3) is 0 Å². The number of nitrogens with one attached hydrogen (secondary N) is 1. The van der Waals surface area contributed by atoms with Crippen molar-refractivity contribution in [3.8, 4) is 5.75 Å². The molecule has 0 aromatic heterocycles. The lowest BCUT2D eigenvalue weighted by Gasteiger charge is -2.10. The number of carbonyl (C=O) groups excluding carboxylic acids is 2. The molecule has 0 saturated heterocycles. The maximum atomic E-state index is 13.4. The Labute approximate surface area is 105 Å². The van der Waals surface area contributed by atoms with Gasteiger partial charge in [0.05, 0.1) is 5.56 Å². The molecule has 0 spiro atoms. The minimum atomic E-state index is -0.656. The van der Waals surface area contributed by atoms with Crippen LogP contribution in [0.4, 0.5) is 4.39 Å². The summed E-state index contributed by atoms with van der Waals surface area (Å²) in [7, 11) is 0. The zero-order valence-corrected chi connectivity index (χ0v) is 10.4. The first-order valence-corrected chi connectivity index (χ1v) is 5.67. The minimum Gasteiger partial charge on any atom is -0.480 e. The van der Waals surface area contributed by atoms with E-state index < -0.39 is 5.82 Å². The molecule has 0 heterocycles. The Balaban J connectivity index is 2.58. The highest BCUT2D eigenvalue weighted by atomic mass is 19.1. The molecule has 5 heteroatoms. The van der Waals surface area contributed by atoms with Gasteiger partial charge in [-0.3, -0.25) is 9.59 Å². The second kappa shape index (κ2) is 6.74. The number of hydrogen-bond acceptors (Lipinski definition) is 3. The number of halogens is 1. The lowest BCUT2D eigenvalue weighted by Crippen LogP contribution is -2.32. The van der Waals surface area contributed by atoms with Crippen LogP contribution in [0, 0.1) is 11.7 Å². The summed E-state index contributed by atoms with van der Waals surface area (Å²) in [6.07, 6.45) is 0.491. The Morgan fingerprint density at radius 3 is 2.83 bits per heavy atom. The SMILES string of the molecule is CC(C)CNC(=O)COc1c(F)cccc1C=O. The zero-order valence-electron chi connectivity index (χ0n) is 10.4. The Morgan fingerprint density at radius 2 is 2.22 bits per heavy atom. The molecule has 0 unspecified atom stereocenters. The van der Waals surface area contributed by atoms with Crippen molar-refractivity contribution in [3.05, 3.63) is 29.6 Å². The molecular weight excluding hydrogens is 237 g/mol. The molecule has 0 saturated carbocycles. The highest BCUT2D eigenvalue weighted by Gasteiger charge is 2.11. The summed E-state index contributed by atoms with van der Waals surface area (Å²) in [5.74, 6) is -0.861. The van der Waals surface area contributed by atoms with E-state index in [0.29, 0.717) is 18.7 Å². The van der Waals surface area contributed by atoms with Crippen molar-refractivity contribution in [1.82, 2.24) is 5.32 Å². The van der Waals surface area contributed by atoms with Gasteiger partial charge in [-0.25, -0.2) is 4.39 Å². The Kier molecular flexibility index (Phi) is 5.30. The molecule has 0 bridgehead atoms. The second-order valence-corrected chi connectivity index (χ2v) is 4.26. The lowest BCUT2D eigenvalue weighted by molar-refractivity contribution is -0.123. The molecule has 1 N–H and O–H groups in total. The molecule has 1 aromatic rings. The fourth-order valence-electron chi connectivity index (χ4n) is 1.28. The largest absolute Gasteiger partial charge is 0.480 e. The third-order valence-corrected chi connectivity index (χ3v) is 2.18. The van der Waals surface area contributed by atoms with Gasteiger partial charge >= 0.3 is 0 Å². The molecule has 0 aliphatic carbocycles. The standard InChI is InChI=1S/C13H16FNO3/c1-9(2)6-15-12(17)8-18-13-10(7-16)4-3-5-11(13)14/h3-5,7,9H,6,8H2,1-2H3,(H,15,17). The third-order valence-electron chi connectivity index (χ3n) is 2.18. The topological polar surface area (TPSA) is 55.4 Å². The summed E-state index contributed by atoms with van der Waals surface area (Å²) in [4.78, 5) is 22.1. The summed E-state index contributed by atoms with van der Waals surface area (Å²) in [6, 6.07) is 4.01. The van der Waals surface area contributed by atoms with Crippen molar-refractivity contribution >= 4 is 12.2 Å². The molecule has 0 atom stereocenters. The van der Waals surface area contributed by atoms with Gasteiger partial charge in [-0.2, -0.15) is 0 Å². The number of hydrogen-bond donors (Lipinski definition) is 1. The van der Waals surface area contributed by atoms with Crippen LogP contribution >= 0.6 is 0 Å². The summed E-state index contributed by atoms with van der Waals surface area (Å²) in [6.45, 7) is 4.14. The van der Waals surface area contributed by atoms with Crippen LogP contribution < -0.4 is 10.1 Å². The smallest absolute Gasteiger partial charge is 0.257 e. The Hall–Kier alpha value is -1.91. The van der Waals surface area contributed by atoms with Crippen molar-refractivity contribution in [1.29, 1.82) is 0 Å². The molecular formula is C13H16FNO3. The maximum absolute atomic E-state index is 13.4. The van der Waals surface area contributed by atoms with Crippen molar-refractivity contribution in [2.24, 2.45) is 5.92 Å². The van der Waals surface area contributed by atoms with E-state index in [1.54, 1.807) is 0 Å². The molecule has 18 heavy (non-hydrogen) atoms. The van der Waals surface area contributed by atoms with E-state index in [-0.39, 0.29) is 23.8 Å². The van der Waals surface area contributed by atoms with E-state index in [2.05, 4.69) is 5.32 Å². The molecule has 1 amide bonds. The number of rotatable bonds is 6. The fourth-order valence-corrected chi connectivity index (χ4v) is 1.28. The van der Waals surface area contributed by atoms with Gasteiger partial charge in [-0.15, -0.1) is 0 Å². The first-order valence-electron chi connectivity index (χ1n) is 5.67. The molecule has 0 aliphatic rings. The van der Waals surface area contributed by atoms with Gasteiger partial charge in [-0.1, -0.05) is 19.9 Å². The van der Waals surface area contributed by atoms with Crippen LogP contribution in [0.15, 0.2) is 18.2 Å². The Bertz CT molecular complexity index is 432. The van der Waals surface area contributed by atoms with Crippen LogP contribution in [0.2, 0.25) is 0 Å². The number of aldehydes is 1. The molecule has 1 aromatic carbocycles. The van der Waals surface area contributed by atoms with E-state index >= 15 is 0 Å². The number of amides is 1. The van der Waals surface area contributed by atoms with Gasteiger partial charge in [0.25, 0.3) is 5.91 Å². The first kappa shape index (κ1) is 14.2.